The fourth-order valence-electron chi connectivity index (χ4n) is 1.18. The lowest BCUT2D eigenvalue weighted by molar-refractivity contribution is 0.0572. The van der Waals surface area contributed by atoms with Gasteiger partial charge in [0.1, 0.15) is 12.4 Å². The smallest absolute Gasteiger partial charge is 0.269 e. The van der Waals surface area contributed by atoms with E-state index in [0.717, 1.165) is 0 Å². The fraction of sp³-hybridized carbons (Fsp3) is 0.692. The van der Waals surface area contributed by atoms with Gasteiger partial charge in [-0.25, -0.2) is 0 Å². The maximum atomic E-state index is 5.87. The third-order valence-corrected chi connectivity index (χ3v) is 3.34. The van der Waals surface area contributed by atoms with Crippen molar-refractivity contribution in [2.75, 3.05) is 20.3 Å². The van der Waals surface area contributed by atoms with Crippen LogP contribution in [0.1, 0.15) is 0 Å². The van der Waals surface area contributed by atoms with Gasteiger partial charge >= 0.3 is 0 Å². The van der Waals surface area contributed by atoms with Crippen LogP contribution in [0.25, 0.3) is 0 Å². The summed E-state index contributed by atoms with van der Waals surface area (Å²) in [6.45, 7) is 17.5. The molecule has 19 heavy (non-hydrogen) atoms. The van der Waals surface area contributed by atoms with Crippen molar-refractivity contribution in [1.82, 2.24) is 0 Å². The highest BCUT2D eigenvalue weighted by Crippen LogP contribution is 2.16. The van der Waals surface area contributed by atoms with E-state index in [1.54, 1.807) is 13.2 Å². The Morgan fingerprint density at radius 2 is 1.47 bits per heavy atom. The highest BCUT2D eigenvalue weighted by atomic mass is 28.4. The van der Waals surface area contributed by atoms with E-state index >= 15 is 0 Å². The summed E-state index contributed by atoms with van der Waals surface area (Å²) < 4.78 is 22.2. The van der Waals surface area contributed by atoms with Crippen molar-refractivity contribution in [3.63, 3.8) is 0 Å². The molecule has 4 nitrogen and oxygen atoms in total. The standard InChI is InChI=1S/C13H28O4Si2/c1-12(16-18(3,4)5)11-13(15-10-9-14-2)17-19(6,7)8/h11H,1,9-10H2,2-8H3/b13-11+. The van der Waals surface area contributed by atoms with Gasteiger partial charge in [-0.2, -0.15) is 0 Å². The third-order valence-electron chi connectivity index (χ3n) is 1.65. The Kier molecular flexibility index (Phi) is 7.47. The molecule has 0 atom stereocenters. The van der Waals surface area contributed by atoms with Gasteiger partial charge in [0.25, 0.3) is 5.95 Å². The molecule has 0 unspecified atom stereocenters. The summed E-state index contributed by atoms with van der Waals surface area (Å²) in [6, 6.07) is 0. The summed E-state index contributed by atoms with van der Waals surface area (Å²) >= 11 is 0. The van der Waals surface area contributed by atoms with E-state index < -0.39 is 16.6 Å². The number of hydrogen-bond donors (Lipinski definition) is 0. The highest BCUT2D eigenvalue weighted by molar-refractivity contribution is 6.70. The first-order chi connectivity index (χ1) is 8.53. The first-order valence-electron chi connectivity index (χ1n) is 6.44. The SMILES string of the molecule is C=C(/C=C(\OCCOC)O[Si](C)(C)C)O[Si](C)(C)C. The summed E-state index contributed by atoms with van der Waals surface area (Å²) in [7, 11) is -1.74. The van der Waals surface area contributed by atoms with Gasteiger partial charge in [0.05, 0.1) is 12.7 Å². The van der Waals surface area contributed by atoms with Crippen molar-refractivity contribution >= 4 is 16.6 Å². The number of ether oxygens (including phenoxy) is 2. The van der Waals surface area contributed by atoms with Gasteiger partial charge in [0.2, 0.25) is 16.6 Å². The molecule has 0 heterocycles. The van der Waals surface area contributed by atoms with E-state index in [1.807, 2.05) is 0 Å². The number of allylic oxidation sites excluding steroid dienone is 1. The van der Waals surface area contributed by atoms with E-state index in [0.29, 0.717) is 24.9 Å². The second-order valence-corrected chi connectivity index (χ2v) is 15.1. The second-order valence-electron chi connectivity index (χ2n) is 6.20. The molecular weight excluding hydrogens is 276 g/mol. The third kappa shape index (κ3) is 12.1. The van der Waals surface area contributed by atoms with Crippen molar-refractivity contribution in [3.05, 3.63) is 24.4 Å². The zero-order valence-electron chi connectivity index (χ0n) is 13.3. The van der Waals surface area contributed by atoms with Gasteiger partial charge in [-0.05, 0) is 39.3 Å². The van der Waals surface area contributed by atoms with Gasteiger partial charge in [-0.1, -0.05) is 6.58 Å². The average Bonchev–Trinajstić information content (AvgIpc) is 2.11. The van der Waals surface area contributed by atoms with Crippen molar-refractivity contribution in [1.29, 1.82) is 0 Å². The molecule has 0 saturated carbocycles. The van der Waals surface area contributed by atoms with Crippen LogP contribution in [-0.4, -0.2) is 37.0 Å². The summed E-state index contributed by atoms with van der Waals surface area (Å²) in [5.41, 5.74) is 0. The lowest BCUT2D eigenvalue weighted by atomic mass is 10.5. The van der Waals surface area contributed by atoms with Crippen LogP contribution in [0.5, 0.6) is 0 Å². The molecule has 0 aliphatic rings. The van der Waals surface area contributed by atoms with Crippen LogP contribution in [0, 0.1) is 0 Å². The molecule has 0 rings (SSSR count). The van der Waals surface area contributed by atoms with Crippen LogP contribution < -0.4 is 0 Å². The molecular formula is C13H28O4Si2. The molecule has 0 aromatic carbocycles. The zero-order valence-corrected chi connectivity index (χ0v) is 15.3. The molecule has 0 saturated heterocycles. The molecule has 0 radical (unpaired) electrons. The van der Waals surface area contributed by atoms with Gasteiger partial charge in [0, 0.05) is 7.11 Å². The number of methoxy groups -OCH3 is 1. The Balaban J connectivity index is 4.66. The predicted molar refractivity (Wildman–Crippen MR) is 83.9 cm³/mol. The molecule has 0 aromatic rings. The highest BCUT2D eigenvalue weighted by Gasteiger charge is 2.20. The molecule has 0 aromatic heterocycles. The molecule has 0 aliphatic carbocycles. The van der Waals surface area contributed by atoms with Gasteiger partial charge < -0.3 is 18.3 Å². The fourth-order valence-corrected chi connectivity index (χ4v) is 2.75. The molecule has 0 aliphatic heterocycles. The van der Waals surface area contributed by atoms with E-state index in [2.05, 4.69) is 45.9 Å². The van der Waals surface area contributed by atoms with Crippen LogP contribution >= 0.6 is 0 Å². The summed E-state index contributed by atoms with van der Waals surface area (Å²) in [6.07, 6.45) is 1.73. The van der Waals surface area contributed by atoms with Crippen LogP contribution in [0.3, 0.4) is 0 Å². The topological polar surface area (TPSA) is 36.9 Å². The van der Waals surface area contributed by atoms with Crippen molar-refractivity contribution < 1.29 is 18.3 Å². The van der Waals surface area contributed by atoms with Gasteiger partial charge in [-0.3, -0.25) is 0 Å². The van der Waals surface area contributed by atoms with Crippen molar-refractivity contribution in [2.45, 2.75) is 39.3 Å². The first-order valence-corrected chi connectivity index (χ1v) is 13.3. The average molecular weight is 305 g/mol. The minimum atomic E-state index is -1.73. The Morgan fingerprint density at radius 1 is 0.947 bits per heavy atom. The Hall–Kier alpha value is -0.726. The molecule has 0 bridgehead atoms. The summed E-state index contributed by atoms with van der Waals surface area (Å²) in [5, 5.41) is 0. The van der Waals surface area contributed by atoms with E-state index in [-0.39, 0.29) is 0 Å². The minimum Gasteiger partial charge on any atom is -0.545 e. The van der Waals surface area contributed by atoms with Crippen LogP contribution in [0.4, 0.5) is 0 Å². The van der Waals surface area contributed by atoms with Crippen molar-refractivity contribution in [3.8, 4) is 0 Å². The molecule has 0 amide bonds. The van der Waals surface area contributed by atoms with Crippen LogP contribution in [0.2, 0.25) is 39.3 Å². The van der Waals surface area contributed by atoms with Crippen LogP contribution in [0.15, 0.2) is 24.4 Å². The largest absolute Gasteiger partial charge is 0.545 e. The number of rotatable bonds is 9. The molecule has 0 N–H and O–H groups in total. The maximum Gasteiger partial charge on any atom is 0.269 e. The normalized spacial score (nSPS) is 13.1. The Morgan fingerprint density at radius 3 is 1.89 bits per heavy atom. The first kappa shape index (κ1) is 18.3. The summed E-state index contributed by atoms with van der Waals surface area (Å²) in [5.74, 6) is 1.06. The van der Waals surface area contributed by atoms with E-state index in [1.165, 1.54) is 0 Å². The van der Waals surface area contributed by atoms with Gasteiger partial charge in [0.15, 0.2) is 0 Å². The molecule has 112 valence electrons. The van der Waals surface area contributed by atoms with Gasteiger partial charge in [-0.15, -0.1) is 0 Å². The summed E-state index contributed by atoms with van der Waals surface area (Å²) in [4.78, 5) is 0. The molecule has 6 heteroatoms. The van der Waals surface area contributed by atoms with Crippen molar-refractivity contribution in [2.24, 2.45) is 0 Å². The monoisotopic (exact) mass is 304 g/mol. The minimum absolute atomic E-state index is 0.451. The number of hydrogen-bond acceptors (Lipinski definition) is 4. The van der Waals surface area contributed by atoms with Crippen LogP contribution in [-0.2, 0) is 18.3 Å². The lowest BCUT2D eigenvalue weighted by Gasteiger charge is -2.23. The zero-order chi connectivity index (χ0) is 15.1. The predicted octanol–water partition coefficient (Wildman–Crippen LogP) is 3.71. The Labute approximate surface area is 119 Å². The molecule has 0 spiro atoms. The Bertz CT molecular complexity index is 314. The van der Waals surface area contributed by atoms with E-state index in [9.17, 15) is 0 Å². The quantitative estimate of drug-likeness (QED) is 0.282. The lowest BCUT2D eigenvalue weighted by Crippen LogP contribution is -2.27. The molecule has 0 fully saturated rings. The second kappa shape index (κ2) is 7.76. The van der Waals surface area contributed by atoms with E-state index in [4.69, 9.17) is 18.3 Å². The maximum absolute atomic E-state index is 5.87.